The lowest BCUT2D eigenvalue weighted by molar-refractivity contribution is -0.142. The second-order valence-electron chi connectivity index (χ2n) is 10.1. The van der Waals surface area contributed by atoms with Gasteiger partial charge in [0, 0.05) is 12.6 Å². The molecule has 0 aliphatic heterocycles. The van der Waals surface area contributed by atoms with Crippen LogP contribution in [0.1, 0.15) is 70.1 Å². The number of hydrogen-bond donors (Lipinski definition) is 1. The maximum atomic E-state index is 13.4. The Labute approximate surface area is 198 Å². The summed E-state index contributed by atoms with van der Waals surface area (Å²) in [6.07, 6.45) is 4.31. The topological polar surface area (TPSA) is 58.6 Å². The highest BCUT2D eigenvalue weighted by molar-refractivity contribution is 5.88. The summed E-state index contributed by atoms with van der Waals surface area (Å²) in [4.78, 5) is 28.1. The summed E-state index contributed by atoms with van der Waals surface area (Å²) in [6, 6.07) is 15.4. The number of rotatable bonds is 8. The largest absolute Gasteiger partial charge is 0.483 e. The van der Waals surface area contributed by atoms with Crippen LogP contribution in [-0.2, 0) is 21.5 Å². The van der Waals surface area contributed by atoms with E-state index in [0.29, 0.717) is 12.3 Å². The molecule has 0 bridgehead atoms. The van der Waals surface area contributed by atoms with Crippen LogP contribution in [0.25, 0.3) is 0 Å². The van der Waals surface area contributed by atoms with Crippen LogP contribution in [0.2, 0.25) is 0 Å². The Morgan fingerprint density at radius 3 is 2.36 bits per heavy atom. The second kappa shape index (κ2) is 10.9. The minimum absolute atomic E-state index is 0.0982. The fraction of sp³-hybridized carbons (Fsp3) is 0.500. The molecule has 3 rings (SSSR count). The van der Waals surface area contributed by atoms with Gasteiger partial charge in [-0.25, -0.2) is 0 Å². The van der Waals surface area contributed by atoms with Crippen LogP contribution in [0, 0.1) is 6.92 Å². The molecular weight excluding hydrogens is 412 g/mol. The lowest BCUT2D eigenvalue weighted by Crippen LogP contribution is -2.50. The Bertz CT molecular complexity index is 958. The maximum absolute atomic E-state index is 13.4. The number of para-hydroxylation sites is 1. The van der Waals surface area contributed by atoms with Crippen molar-refractivity contribution in [3.05, 3.63) is 65.2 Å². The van der Waals surface area contributed by atoms with Crippen molar-refractivity contribution in [1.29, 1.82) is 0 Å². The number of amides is 2. The summed E-state index contributed by atoms with van der Waals surface area (Å²) in [5.74, 6) is 0.409. The zero-order valence-corrected chi connectivity index (χ0v) is 20.7. The second-order valence-corrected chi connectivity index (χ2v) is 10.1. The van der Waals surface area contributed by atoms with Gasteiger partial charge in [0.1, 0.15) is 11.8 Å². The number of carbonyl (C=O) groups excluding carboxylic acids is 2. The van der Waals surface area contributed by atoms with Crippen molar-refractivity contribution in [2.24, 2.45) is 0 Å². The van der Waals surface area contributed by atoms with Gasteiger partial charge in [-0.3, -0.25) is 9.59 Å². The first-order valence-electron chi connectivity index (χ1n) is 12.0. The molecule has 2 aromatic carbocycles. The van der Waals surface area contributed by atoms with Crippen molar-refractivity contribution in [3.8, 4) is 5.75 Å². The third-order valence-corrected chi connectivity index (χ3v) is 6.52. The van der Waals surface area contributed by atoms with Crippen LogP contribution >= 0.6 is 0 Å². The number of carbonyl (C=O) groups is 2. The molecule has 33 heavy (non-hydrogen) atoms. The normalized spacial score (nSPS) is 15.2. The first-order valence-corrected chi connectivity index (χ1v) is 12.0. The van der Waals surface area contributed by atoms with Gasteiger partial charge in [-0.05, 0) is 54.9 Å². The zero-order valence-electron chi connectivity index (χ0n) is 20.7. The molecule has 1 saturated carbocycles. The molecule has 1 atom stereocenters. The summed E-state index contributed by atoms with van der Waals surface area (Å²) in [6.45, 7) is 10.5. The molecule has 0 saturated heterocycles. The van der Waals surface area contributed by atoms with Gasteiger partial charge in [0.05, 0.1) is 0 Å². The minimum Gasteiger partial charge on any atom is -0.483 e. The van der Waals surface area contributed by atoms with Crippen LogP contribution in [-0.4, -0.2) is 35.4 Å². The Kier molecular flexibility index (Phi) is 8.17. The van der Waals surface area contributed by atoms with E-state index in [1.165, 1.54) is 0 Å². The lowest BCUT2D eigenvalue weighted by atomic mass is 9.86. The van der Waals surface area contributed by atoms with Gasteiger partial charge in [-0.2, -0.15) is 0 Å². The van der Waals surface area contributed by atoms with Gasteiger partial charge in [-0.1, -0.05) is 76.1 Å². The number of benzene rings is 2. The molecular formula is C28H38N2O3. The van der Waals surface area contributed by atoms with Crippen LogP contribution in [0.3, 0.4) is 0 Å². The number of nitrogens with zero attached hydrogens (tertiary/aromatic N) is 1. The number of hydrogen-bond acceptors (Lipinski definition) is 3. The Morgan fingerprint density at radius 2 is 1.70 bits per heavy atom. The van der Waals surface area contributed by atoms with E-state index in [-0.39, 0.29) is 29.9 Å². The van der Waals surface area contributed by atoms with Crippen LogP contribution < -0.4 is 10.1 Å². The Morgan fingerprint density at radius 1 is 1.06 bits per heavy atom. The molecule has 5 nitrogen and oxygen atoms in total. The minimum atomic E-state index is -0.584. The van der Waals surface area contributed by atoms with Crippen molar-refractivity contribution >= 4 is 11.8 Å². The molecule has 2 aromatic rings. The lowest BCUT2D eigenvalue weighted by Gasteiger charge is -2.30. The van der Waals surface area contributed by atoms with E-state index in [0.717, 1.165) is 42.4 Å². The summed E-state index contributed by atoms with van der Waals surface area (Å²) in [5.41, 5.74) is 3.07. The van der Waals surface area contributed by atoms with Gasteiger partial charge in [0.2, 0.25) is 5.91 Å². The van der Waals surface area contributed by atoms with E-state index < -0.39 is 6.04 Å². The first-order chi connectivity index (χ1) is 15.7. The first kappa shape index (κ1) is 24.8. The standard InChI is InChI=1S/C28H38N2O3/c1-20-12-6-7-13-22(20)18-30(21(2)27(32)29-23-14-8-9-15-23)26(31)19-33-25-17-11-10-16-24(25)28(3,4)5/h6-7,10-13,16-17,21,23H,8-9,14-15,18-19H2,1-5H3,(H,29,32)/t21-/m0/s1. The third-order valence-electron chi connectivity index (χ3n) is 6.52. The average molecular weight is 451 g/mol. The highest BCUT2D eigenvalue weighted by atomic mass is 16.5. The quantitative estimate of drug-likeness (QED) is 0.605. The van der Waals surface area contributed by atoms with Crippen LogP contribution in [0.5, 0.6) is 5.75 Å². The zero-order chi connectivity index (χ0) is 24.0. The molecule has 1 N–H and O–H groups in total. The fourth-order valence-electron chi connectivity index (χ4n) is 4.38. The number of ether oxygens (including phenoxy) is 1. The maximum Gasteiger partial charge on any atom is 0.261 e. The van der Waals surface area contributed by atoms with Gasteiger partial charge in [0.15, 0.2) is 6.61 Å². The van der Waals surface area contributed by atoms with E-state index >= 15 is 0 Å². The summed E-state index contributed by atoms with van der Waals surface area (Å²) in [5, 5.41) is 3.14. The average Bonchev–Trinajstić information content (AvgIpc) is 3.29. The van der Waals surface area contributed by atoms with E-state index in [9.17, 15) is 9.59 Å². The summed E-state index contributed by atoms with van der Waals surface area (Å²) < 4.78 is 6.01. The van der Waals surface area contributed by atoms with Crippen molar-refractivity contribution in [3.63, 3.8) is 0 Å². The molecule has 5 heteroatoms. The molecule has 0 radical (unpaired) electrons. The van der Waals surface area contributed by atoms with Gasteiger partial charge in [-0.15, -0.1) is 0 Å². The monoisotopic (exact) mass is 450 g/mol. The van der Waals surface area contributed by atoms with Gasteiger partial charge in [0.25, 0.3) is 5.91 Å². The predicted octanol–water partition coefficient (Wildman–Crippen LogP) is 5.15. The van der Waals surface area contributed by atoms with E-state index in [1.54, 1.807) is 4.90 Å². The highest BCUT2D eigenvalue weighted by Crippen LogP contribution is 2.31. The highest BCUT2D eigenvalue weighted by Gasteiger charge is 2.29. The Balaban J connectivity index is 1.77. The van der Waals surface area contributed by atoms with E-state index in [4.69, 9.17) is 4.74 Å². The van der Waals surface area contributed by atoms with Crippen molar-refractivity contribution < 1.29 is 14.3 Å². The van der Waals surface area contributed by atoms with E-state index in [1.807, 2.05) is 62.4 Å². The molecule has 2 amide bonds. The Hall–Kier alpha value is -2.82. The van der Waals surface area contributed by atoms with E-state index in [2.05, 4.69) is 26.1 Å². The predicted molar refractivity (Wildman–Crippen MR) is 132 cm³/mol. The molecule has 0 unspecified atom stereocenters. The fourth-order valence-corrected chi connectivity index (χ4v) is 4.38. The molecule has 1 aliphatic rings. The molecule has 0 heterocycles. The molecule has 0 aromatic heterocycles. The number of nitrogens with one attached hydrogen (secondary N) is 1. The van der Waals surface area contributed by atoms with Crippen molar-refractivity contribution in [1.82, 2.24) is 10.2 Å². The molecule has 1 fully saturated rings. The molecule has 178 valence electrons. The molecule has 0 spiro atoms. The SMILES string of the molecule is Cc1ccccc1CN(C(=O)COc1ccccc1C(C)(C)C)[C@@H](C)C(=O)NC1CCCC1. The third kappa shape index (κ3) is 6.59. The van der Waals surface area contributed by atoms with Crippen molar-refractivity contribution in [2.45, 2.75) is 84.3 Å². The summed E-state index contributed by atoms with van der Waals surface area (Å²) >= 11 is 0. The van der Waals surface area contributed by atoms with Gasteiger partial charge >= 0.3 is 0 Å². The van der Waals surface area contributed by atoms with Crippen LogP contribution in [0.4, 0.5) is 0 Å². The van der Waals surface area contributed by atoms with Gasteiger partial charge < -0.3 is 15.0 Å². The van der Waals surface area contributed by atoms with Crippen molar-refractivity contribution in [2.75, 3.05) is 6.61 Å². The molecule has 1 aliphatic carbocycles. The smallest absolute Gasteiger partial charge is 0.261 e. The number of aryl methyl sites for hydroxylation is 1. The summed E-state index contributed by atoms with van der Waals surface area (Å²) in [7, 11) is 0. The van der Waals surface area contributed by atoms with Crippen LogP contribution in [0.15, 0.2) is 48.5 Å².